The van der Waals surface area contributed by atoms with Crippen LogP contribution in [0, 0.1) is 23.1 Å². The Hall–Kier alpha value is -1.45. The van der Waals surface area contributed by atoms with Crippen LogP contribution in [0.5, 0.6) is 0 Å². The van der Waals surface area contributed by atoms with Crippen LogP contribution in [0.3, 0.4) is 0 Å². The number of halogens is 1. The van der Waals surface area contributed by atoms with Gasteiger partial charge in [-0.2, -0.15) is 5.26 Å². The molecule has 0 amide bonds. The van der Waals surface area contributed by atoms with Gasteiger partial charge in [0, 0.05) is 12.6 Å². The maximum Gasteiger partial charge on any atom is 0.178 e. The molecule has 0 aromatic heterocycles. The lowest BCUT2D eigenvalue weighted by Gasteiger charge is -2.26. The van der Waals surface area contributed by atoms with Crippen molar-refractivity contribution < 1.29 is 12.8 Å². The van der Waals surface area contributed by atoms with E-state index in [1.54, 1.807) is 6.92 Å². The van der Waals surface area contributed by atoms with E-state index in [1.165, 1.54) is 12.1 Å². The molecule has 1 aromatic carbocycles. The van der Waals surface area contributed by atoms with Crippen LogP contribution in [0.4, 0.5) is 4.39 Å². The molecular formula is C13H15FN2O2S. The molecule has 0 bridgehead atoms. The number of benzene rings is 1. The lowest BCUT2D eigenvalue weighted by atomic mass is 10.0. The van der Waals surface area contributed by atoms with Gasteiger partial charge >= 0.3 is 0 Å². The van der Waals surface area contributed by atoms with Crippen molar-refractivity contribution in [2.75, 3.05) is 12.3 Å². The zero-order valence-electron chi connectivity index (χ0n) is 10.6. The average Bonchev–Trinajstić information content (AvgIpc) is 2.37. The van der Waals surface area contributed by atoms with E-state index in [0.717, 1.165) is 6.07 Å². The van der Waals surface area contributed by atoms with Gasteiger partial charge in [0.05, 0.1) is 22.6 Å². The second-order valence-corrected chi connectivity index (χ2v) is 6.86. The van der Waals surface area contributed by atoms with Crippen LogP contribution in [0.15, 0.2) is 23.1 Å². The number of nitriles is 1. The Bertz CT molecular complexity index is 622. The van der Waals surface area contributed by atoms with E-state index in [2.05, 4.69) is 11.4 Å². The van der Waals surface area contributed by atoms with E-state index in [9.17, 15) is 12.8 Å². The SMILES string of the molecule is CC(C#N)CNC1CCS(=O)(=O)c2ccc(F)cc21. The van der Waals surface area contributed by atoms with Crippen LogP contribution in [-0.2, 0) is 9.84 Å². The largest absolute Gasteiger partial charge is 0.309 e. The number of nitrogens with zero attached hydrogens (tertiary/aromatic N) is 1. The molecule has 1 aromatic rings. The first-order valence-electron chi connectivity index (χ1n) is 6.09. The van der Waals surface area contributed by atoms with E-state index in [1.807, 2.05) is 0 Å². The van der Waals surface area contributed by atoms with Crippen molar-refractivity contribution in [2.24, 2.45) is 5.92 Å². The second kappa shape index (κ2) is 5.27. The Morgan fingerprint density at radius 1 is 1.58 bits per heavy atom. The third-order valence-electron chi connectivity index (χ3n) is 3.25. The van der Waals surface area contributed by atoms with Gasteiger partial charge < -0.3 is 5.32 Å². The Labute approximate surface area is 112 Å². The van der Waals surface area contributed by atoms with Gasteiger partial charge in [-0.1, -0.05) is 0 Å². The standard InChI is InChI=1S/C13H15FN2O2S/c1-9(7-15)8-16-12-4-5-19(17,18)13-3-2-10(14)6-11(12)13/h2-3,6,9,12,16H,4-5,8H2,1H3. The smallest absolute Gasteiger partial charge is 0.178 e. The molecule has 2 atom stereocenters. The number of rotatable bonds is 3. The number of fused-ring (bicyclic) bond motifs is 1. The van der Waals surface area contributed by atoms with Crippen LogP contribution >= 0.6 is 0 Å². The van der Waals surface area contributed by atoms with E-state index >= 15 is 0 Å². The highest BCUT2D eigenvalue weighted by Crippen LogP contribution is 2.32. The van der Waals surface area contributed by atoms with Crippen molar-refractivity contribution >= 4 is 9.84 Å². The summed E-state index contributed by atoms with van der Waals surface area (Å²) in [6, 6.07) is 5.63. The first kappa shape index (κ1) is 14.0. The molecule has 6 heteroatoms. The molecule has 0 aliphatic carbocycles. The van der Waals surface area contributed by atoms with Crippen molar-refractivity contribution in [3.8, 4) is 6.07 Å². The van der Waals surface area contributed by atoms with Crippen molar-refractivity contribution in [2.45, 2.75) is 24.3 Å². The molecule has 1 N–H and O–H groups in total. The average molecular weight is 282 g/mol. The summed E-state index contributed by atoms with van der Waals surface area (Å²) in [5, 5.41) is 11.9. The molecule has 102 valence electrons. The molecule has 4 nitrogen and oxygen atoms in total. The number of sulfone groups is 1. The molecule has 0 saturated carbocycles. The van der Waals surface area contributed by atoms with Crippen molar-refractivity contribution in [1.29, 1.82) is 5.26 Å². The van der Waals surface area contributed by atoms with Crippen molar-refractivity contribution in [3.63, 3.8) is 0 Å². The van der Waals surface area contributed by atoms with Gasteiger partial charge in [0.2, 0.25) is 0 Å². The first-order valence-corrected chi connectivity index (χ1v) is 7.74. The molecule has 2 rings (SSSR count). The maximum absolute atomic E-state index is 13.3. The Morgan fingerprint density at radius 2 is 2.32 bits per heavy atom. The molecular weight excluding hydrogens is 267 g/mol. The monoisotopic (exact) mass is 282 g/mol. The third kappa shape index (κ3) is 2.94. The van der Waals surface area contributed by atoms with Gasteiger partial charge in [0.15, 0.2) is 9.84 Å². The lowest BCUT2D eigenvalue weighted by Crippen LogP contribution is -2.32. The molecule has 1 heterocycles. The number of hydrogen-bond acceptors (Lipinski definition) is 4. The van der Waals surface area contributed by atoms with Gasteiger partial charge in [0.25, 0.3) is 0 Å². The predicted octanol–water partition coefficient (Wildman–Crippen LogP) is 1.79. The van der Waals surface area contributed by atoms with E-state index in [-0.39, 0.29) is 22.6 Å². The third-order valence-corrected chi connectivity index (χ3v) is 5.06. The fourth-order valence-corrected chi connectivity index (χ4v) is 3.79. The fraction of sp³-hybridized carbons (Fsp3) is 0.462. The second-order valence-electron chi connectivity index (χ2n) is 4.78. The normalized spacial score (nSPS) is 22.3. The van der Waals surface area contributed by atoms with Gasteiger partial charge in [-0.05, 0) is 37.1 Å². The zero-order chi connectivity index (χ0) is 14.0. The minimum absolute atomic E-state index is 0.0459. The molecule has 0 radical (unpaired) electrons. The summed E-state index contributed by atoms with van der Waals surface area (Å²) in [6.07, 6.45) is 0.400. The van der Waals surface area contributed by atoms with Crippen molar-refractivity contribution in [1.82, 2.24) is 5.32 Å². The van der Waals surface area contributed by atoms with Gasteiger partial charge in [-0.3, -0.25) is 0 Å². The summed E-state index contributed by atoms with van der Waals surface area (Å²) in [4.78, 5) is 0.197. The van der Waals surface area contributed by atoms with Crippen molar-refractivity contribution in [3.05, 3.63) is 29.6 Å². The Morgan fingerprint density at radius 3 is 3.00 bits per heavy atom. The minimum Gasteiger partial charge on any atom is -0.309 e. The van der Waals surface area contributed by atoms with E-state index in [0.29, 0.717) is 18.5 Å². The highest BCUT2D eigenvalue weighted by atomic mass is 32.2. The Balaban J connectivity index is 2.31. The zero-order valence-corrected chi connectivity index (χ0v) is 11.4. The Kier molecular flexibility index (Phi) is 3.88. The lowest BCUT2D eigenvalue weighted by molar-refractivity contribution is 0.466. The van der Waals surface area contributed by atoms with Crippen LogP contribution in [-0.4, -0.2) is 20.7 Å². The van der Waals surface area contributed by atoms with Gasteiger partial charge in [-0.15, -0.1) is 0 Å². The number of nitrogens with one attached hydrogen (secondary N) is 1. The molecule has 2 unspecified atom stereocenters. The molecule has 19 heavy (non-hydrogen) atoms. The molecule has 1 aliphatic heterocycles. The molecule has 0 fully saturated rings. The van der Waals surface area contributed by atoms with Crippen LogP contribution in [0.1, 0.15) is 24.9 Å². The summed E-state index contributed by atoms with van der Waals surface area (Å²) in [6.45, 7) is 2.23. The summed E-state index contributed by atoms with van der Waals surface area (Å²) in [5.74, 6) is -0.573. The highest BCUT2D eigenvalue weighted by molar-refractivity contribution is 7.91. The van der Waals surface area contributed by atoms with Gasteiger partial charge in [0.1, 0.15) is 5.82 Å². The molecule has 0 saturated heterocycles. The van der Waals surface area contributed by atoms with Crippen LogP contribution in [0.2, 0.25) is 0 Å². The topological polar surface area (TPSA) is 70.0 Å². The van der Waals surface area contributed by atoms with E-state index < -0.39 is 15.7 Å². The molecule has 0 spiro atoms. The summed E-state index contributed by atoms with van der Waals surface area (Å²) < 4.78 is 37.2. The van der Waals surface area contributed by atoms with Crippen LogP contribution in [0.25, 0.3) is 0 Å². The fourth-order valence-electron chi connectivity index (χ4n) is 2.19. The summed E-state index contributed by atoms with van der Waals surface area (Å²) in [5.41, 5.74) is 0.469. The van der Waals surface area contributed by atoms with Crippen LogP contribution < -0.4 is 5.32 Å². The highest BCUT2D eigenvalue weighted by Gasteiger charge is 2.30. The predicted molar refractivity (Wildman–Crippen MR) is 68.6 cm³/mol. The summed E-state index contributed by atoms with van der Waals surface area (Å²) in [7, 11) is -3.31. The quantitative estimate of drug-likeness (QED) is 0.858. The van der Waals surface area contributed by atoms with E-state index in [4.69, 9.17) is 5.26 Å². The summed E-state index contributed by atoms with van der Waals surface area (Å²) >= 11 is 0. The van der Waals surface area contributed by atoms with Gasteiger partial charge in [-0.25, -0.2) is 12.8 Å². The molecule has 1 aliphatic rings. The maximum atomic E-state index is 13.3. The minimum atomic E-state index is -3.31. The first-order chi connectivity index (χ1) is 8.94. The number of hydrogen-bond donors (Lipinski definition) is 1.